The van der Waals surface area contributed by atoms with Gasteiger partial charge in [0, 0.05) is 12.6 Å². The Labute approximate surface area is 147 Å². The van der Waals surface area contributed by atoms with Gasteiger partial charge >= 0.3 is 0 Å². The summed E-state index contributed by atoms with van der Waals surface area (Å²) in [4.78, 5) is 7.16. The van der Waals surface area contributed by atoms with E-state index in [1.165, 1.54) is 12.8 Å². The molecule has 0 aliphatic carbocycles. The van der Waals surface area contributed by atoms with Gasteiger partial charge in [0.1, 0.15) is 11.5 Å². The van der Waals surface area contributed by atoms with E-state index in [2.05, 4.69) is 10.00 Å². The Bertz CT molecular complexity index is 838. The number of aryl methyl sites for hydroxylation is 1. The molecule has 128 valence electrons. The molecule has 1 aliphatic heterocycles. The van der Waals surface area contributed by atoms with Crippen LogP contribution in [0.5, 0.6) is 11.5 Å². The summed E-state index contributed by atoms with van der Waals surface area (Å²) in [7, 11) is 1.94. The van der Waals surface area contributed by atoms with Gasteiger partial charge < -0.3 is 4.74 Å². The standard InChI is InChI=1S/C20H22N4O/c1-23-20(21-19(22-23)15-24-12-5-6-13-24)16-8-7-11-18(14-16)25-17-9-3-2-4-10-17/h2-4,7-11,14H,5-6,12-13,15H2,1H3. The number of rotatable bonds is 5. The quantitative estimate of drug-likeness (QED) is 0.710. The van der Waals surface area contributed by atoms with Crippen LogP contribution in [0.1, 0.15) is 18.7 Å². The Morgan fingerprint density at radius 3 is 2.52 bits per heavy atom. The Morgan fingerprint density at radius 2 is 1.72 bits per heavy atom. The summed E-state index contributed by atoms with van der Waals surface area (Å²) in [5.74, 6) is 3.38. The molecule has 0 spiro atoms. The molecule has 1 fully saturated rings. The monoisotopic (exact) mass is 334 g/mol. The first-order valence-corrected chi connectivity index (χ1v) is 8.73. The smallest absolute Gasteiger partial charge is 0.165 e. The third-order valence-corrected chi connectivity index (χ3v) is 4.44. The van der Waals surface area contributed by atoms with Gasteiger partial charge in [0.15, 0.2) is 11.6 Å². The SMILES string of the molecule is Cn1nc(CN2CCCC2)nc1-c1cccc(Oc2ccccc2)c1. The molecule has 4 rings (SSSR count). The van der Waals surface area contributed by atoms with Crippen molar-refractivity contribution in [2.24, 2.45) is 7.05 Å². The van der Waals surface area contributed by atoms with E-state index < -0.39 is 0 Å². The van der Waals surface area contributed by atoms with Gasteiger partial charge in [-0.05, 0) is 50.2 Å². The van der Waals surface area contributed by atoms with Gasteiger partial charge in [-0.25, -0.2) is 9.67 Å². The second-order valence-corrected chi connectivity index (χ2v) is 6.40. The molecule has 0 bridgehead atoms. The number of hydrogen-bond donors (Lipinski definition) is 0. The first kappa shape index (κ1) is 15.8. The van der Waals surface area contributed by atoms with E-state index >= 15 is 0 Å². The average Bonchev–Trinajstić information content (AvgIpc) is 3.26. The summed E-state index contributed by atoms with van der Waals surface area (Å²) < 4.78 is 7.78. The highest BCUT2D eigenvalue weighted by atomic mass is 16.5. The second kappa shape index (κ2) is 7.07. The summed E-state index contributed by atoms with van der Waals surface area (Å²) in [6.07, 6.45) is 2.55. The van der Waals surface area contributed by atoms with Crippen LogP contribution in [0.15, 0.2) is 54.6 Å². The normalized spacial score (nSPS) is 14.8. The molecule has 0 radical (unpaired) electrons. The number of ether oxygens (including phenoxy) is 1. The predicted octanol–water partition coefficient (Wildman–Crippen LogP) is 3.87. The van der Waals surface area contributed by atoms with Gasteiger partial charge in [0.2, 0.25) is 0 Å². The maximum absolute atomic E-state index is 5.93. The van der Waals surface area contributed by atoms with Crippen molar-refractivity contribution in [3.63, 3.8) is 0 Å². The lowest BCUT2D eigenvalue weighted by Crippen LogP contribution is -2.19. The molecule has 5 nitrogen and oxygen atoms in total. The highest BCUT2D eigenvalue weighted by molar-refractivity contribution is 5.58. The zero-order valence-corrected chi connectivity index (χ0v) is 14.4. The van der Waals surface area contributed by atoms with Crippen LogP contribution in [0.25, 0.3) is 11.4 Å². The van der Waals surface area contributed by atoms with E-state index in [9.17, 15) is 0 Å². The highest BCUT2D eigenvalue weighted by Crippen LogP contribution is 2.26. The molecule has 1 aliphatic rings. The van der Waals surface area contributed by atoms with Crippen molar-refractivity contribution >= 4 is 0 Å². The molecule has 0 atom stereocenters. The van der Waals surface area contributed by atoms with Crippen LogP contribution in [-0.2, 0) is 13.6 Å². The fourth-order valence-electron chi connectivity index (χ4n) is 3.22. The molecule has 0 unspecified atom stereocenters. The van der Waals surface area contributed by atoms with Crippen LogP contribution < -0.4 is 4.74 Å². The van der Waals surface area contributed by atoms with Crippen LogP contribution in [0, 0.1) is 0 Å². The minimum atomic E-state index is 0.799. The Kier molecular flexibility index (Phi) is 4.48. The van der Waals surface area contributed by atoms with Crippen molar-refractivity contribution < 1.29 is 4.74 Å². The average molecular weight is 334 g/mol. The molecule has 3 aromatic rings. The molecule has 2 heterocycles. The highest BCUT2D eigenvalue weighted by Gasteiger charge is 2.16. The molecule has 0 amide bonds. The van der Waals surface area contributed by atoms with Gasteiger partial charge in [-0.3, -0.25) is 4.90 Å². The fourth-order valence-corrected chi connectivity index (χ4v) is 3.22. The van der Waals surface area contributed by atoms with E-state index in [4.69, 9.17) is 9.72 Å². The van der Waals surface area contributed by atoms with Crippen molar-refractivity contribution in [1.29, 1.82) is 0 Å². The zero-order chi connectivity index (χ0) is 17.1. The summed E-state index contributed by atoms with van der Waals surface area (Å²) >= 11 is 0. The van der Waals surface area contributed by atoms with Gasteiger partial charge in [-0.1, -0.05) is 30.3 Å². The van der Waals surface area contributed by atoms with E-state index in [0.29, 0.717) is 0 Å². The van der Waals surface area contributed by atoms with Crippen LogP contribution in [0.4, 0.5) is 0 Å². The predicted molar refractivity (Wildman–Crippen MR) is 97.5 cm³/mol. The van der Waals surface area contributed by atoms with Gasteiger partial charge in [-0.15, -0.1) is 0 Å². The first-order chi connectivity index (χ1) is 12.3. The lowest BCUT2D eigenvalue weighted by atomic mass is 10.2. The van der Waals surface area contributed by atoms with Gasteiger partial charge in [0.25, 0.3) is 0 Å². The molecule has 1 aromatic heterocycles. The molecule has 25 heavy (non-hydrogen) atoms. The Balaban J connectivity index is 1.55. The number of aromatic nitrogens is 3. The second-order valence-electron chi connectivity index (χ2n) is 6.40. The lowest BCUT2D eigenvalue weighted by molar-refractivity contribution is 0.322. The molecule has 0 saturated carbocycles. The molecule has 2 aromatic carbocycles. The van der Waals surface area contributed by atoms with Crippen molar-refractivity contribution in [1.82, 2.24) is 19.7 Å². The van der Waals surface area contributed by atoms with Crippen molar-refractivity contribution in [3.8, 4) is 22.9 Å². The summed E-state index contributed by atoms with van der Waals surface area (Å²) in [6.45, 7) is 3.12. The van der Waals surface area contributed by atoms with Crippen LogP contribution >= 0.6 is 0 Å². The van der Waals surface area contributed by atoms with Crippen LogP contribution in [0.2, 0.25) is 0 Å². The molecule has 1 saturated heterocycles. The van der Waals surface area contributed by atoms with E-state index in [1.54, 1.807) is 0 Å². The lowest BCUT2D eigenvalue weighted by Gasteiger charge is -2.10. The number of para-hydroxylation sites is 1. The van der Waals surface area contributed by atoms with Gasteiger partial charge in [-0.2, -0.15) is 5.10 Å². The Hall–Kier alpha value is -2.66. The summed E-state index contributed by atoms with van der Waals surface area (Å²) in [5, 5.41) is 4.59. The zero-order valence-electron chi connectivity index (χ0n) is 14.4. The van der Waals surface area contributed by atoms with Gasteiger partial charge in [0.05, 0.1) is 6.54 Å². The maximum Gasteiger partial charge on any atom is 0.165 e. The van der Waals surface area contributed by atoms with E-state index in [1.807, 2.05) is 66.3 Å². The largest absolute Gasteiger partial charge is 0.457 e. The van der Waals surface area contributed by atoms with E-state index in [0.717, 1.165) is 48.3 Å². The van der Waals surface area contributed by atoms with Crippen LogP contribution in [0.3, 0.4) is 0 Å². The molecular formula is C20H22N4O. The van der Waals surface area contributed by atoms with Crippen molar-refractivity contribution in [2.75, 3.05) is 13.1 Å². The molecular weight excluding hydrogens is 312 g/mol. The maximum atomic E-state index is 5.93. The number of hydrogen-bond acceptors (Lipinski definition) is 4. The number of nitrogens with zero attached hydrogens (tertiary/aromatic N) is 4. The minimum Gasteiger partial charge on any atom is -0.457 e. The minimum absolute atomic E-state index is 0.799. The van der Waals surface area contributed by atoms with E-state index in [-0.39, 0.29) is 0 Å². The summed E-state index contributed by atoms with van der Waals surface area (Å²) in [5.41, 5.74) is 1.01. The topological polar surface area (TPSA) is 43.2 Å². The molecule has 5 heteroatoms. The van der Waals surface area contributed by atoms with Crippen molar-refractivity contribution in [3.05, 3.63) is 60.4 Å². The summed E-state index contributed by atoms with van der Waals surface area (Å²) in [6, 6.07) is 17.8. The third kappa shape index (κ3) is 3.72. The molecule has 0 N–H and O–H groups in total. The van der Waals surface area contributed by atoms with Crippen LogP contribution in [-0.4, -0.2) is 32.8 Å². The number of benzene rings is 2. The third-order valence-electron chi connectivity index (χ3n) is 4.44. The Morgan fingerprint density at radius 1 is 0.960 bits per heavy atom. The first-order valence-electron chi connectivity index (χ1n) is 8.73. The van der Waals surface area contributed by atoms with Crippen molar-refractivity contribution in [2.45, 2.75) is 19.4 Å². The fraction of sp³-hybridized carbons (Fsp3) is 0.300. The number of likely N-dealkylation sites (tertiary alicyclic amines) is 1.